The number of likely N-dealkylation sites (tertiary alicyclic amines) is 1. The number of carbonyl (C=O) groups is 1. The number of rotatable bonds is 10. The summed E-state index contributed by atoms with van der Waals surface area (Å²) in [5, 5.41) is 10.8. The lowest BCUT2D eigenvalue weighted by molar-refractivity contribution is 0.101. The number of thiazole rings is 1. The Bertz CT molecular complexity index is 2140. The molecule has 1 saturated heterocycles. The number of nitrogens with zero attached hydrogens (tertiary/aromatic N) is 4. The molecule has 15 heteroatoms. The van der Waals surface area contributed by atoms with Crippen molar-refractivity contribution in [3.63, 3.8) is 0 Å². The molecule has 50 heavy (non-hydrogen) atoms. The van der Waals surface area contributed by atoms with Crippen molar-refractivity contribution in [1.82, 2.24) is 14.9 Å². The molecule has 0 saturated carbocycles. The summed E-state index contributed by atoms with van der Waals surface area (Å²) in [4.78, 5) is 22.1. The largest absolute Gasteiger partial charge is 0.465 e. The number of amides is 1. The van der Waals surface area contributed by atoms with Gasteiger partial charge >= 0.3 is 6.09 Å². The van der Waals surface area contributed by atoms with Crippen LogP contribution in [-0.2, 0) is 21.2 Å². The Morgan fingerprint density at radius 1 is 1.08 bits per heavy atom. The zero-order valence-corrected chi connectivity index (χ0v) is 28.9. The van der Waals surface area contributed by atoms with E-state index in [4.69, 9.17) is 21.3 Å². The predicted octanol–water partition coefficient (Wildman–Crippen LogP) is 8.21. The van der Waals surface area contributed by atoms with Crippen LogP contribution in [0.25, 0.3) is 21.7 Å². The fourth-order valence-electron chi connectivity index (χ4n) is 6.11. The van der Waals surface area contributed by atoms with Crippen LogP contribution in [0.15, 0.2) is 90.0 Å². The van der Waals surface area contributed by atoms with Crippen LogP contribution in [0, 0.1) is 17.5 Å². The van der Waals surface area contributed by atoms with Crippen molar-refractivity contribution >= 4 is 44.7 Å². The third-order valence-electron chi connectivity index (χ3n) is 8.47. The number of ether oxygens (including phenoxy) is 1. The Labute approximate surface area is 295 Å². The summed E-state index contributed by atoms with van der Waals surface area (Å²) < 4.78 is 78.5. The maximum atomic E-state index is 16.8. The Kier molecular flexibility index (Phi) is 10.4. The molecule has 3 heterocycles. The molecule has 3 aromatic carbocycles. The van der Waals surface area contributed by atoms with Crippen molar-refractivity contribution in [2.24, 2.45) is 0 Å². The first-order chi connectivity index (χ1) is 24.0. The van der Waals surface area contributed by atoms with Gasteiger partial charge in [0.15, 0.2) is 5.82 Å². The van der Waals surface area contributed by atoms with Crippen molar-refractivity contribution < 1.29 is 36.2 Å². The highest BCUT2D eigenvalue weighted by Crippen LogP contribution is 2.45. The van der Waals surface area contributed by atoms with Crippen molar-refractivity contribution in [3.05, 3.63) is 118 Å². The molecular weight excluding hydrogens is 713 g/mol. The number of benzene rings is 3. The van der Waals surface area contributed by atoms with Crippen LogP contribution in [0.5, 0.6) is 0 Å². The second-order valence-electron chi connectivity index (χ2n) is 11.6. The third kappa shape index (κ3) is 7.20. The van der Waals surface area contributed by atoms with Crippen molar-refractivity contribution in [3.8, 4) is 21.7 Å². The minimum absolute atomic E-state index is 0.0623. The van der Waals surface area contributed by atoms with Crippen LogP contribution in [-0.4, -0.2) is 60.9 Å². The number of pyridine rings is 1. The topological polar surface area (TPSA) is 113 Å². The minimum Gasteiger partial charge on any atom is -0.465 e. The smallest absolute Gasteiger partial charge is 0.407 e. The summed E-state index contributed by atoms with van der Waals surface area (Å²) in [5.74, 6) is -3.38. The molecule has 2 aromatic heterocycles. The summed E-state index contributed by atoms with van der Waals surface area (Å²) in [6.07, 6.45) is 1.93. The fraction of sp³-hybridized carbons (Fsp3) is 0.229. The molecular formula is C35H30ClF3N4O5S2. The monoisotopic (exact) mass is 742 g/mol. The van der Waals surface area contributed by atoms with E-state index in [1.165, 1.54) is 47.7 Å². The van der Waals surface area contributed by atoms with E-state index in [1.54, 1.807) is 12.1 Å². The van der Waals surface area contributed by atoms with E-state index >= 15 is 4.39 Å². The number of piperidine rings is 1. The van der Waals surface area contributed by atoms with Gasteiger partial charge in [-0.3, -0.25) is 0 Å². The third-order valence-corrected chi connectivity index (χ3v) is 11.7. The van der Waals surface area contributed by atoms with Crippen molar-refractivity contribution in [2.45, 2.75) is 36.1 Å². The first-order valence-electron chi connectivity index (χ1n) is 15.4. The van der Waals surface area contributed by atoms with Gasteiger partial charge in [0.25, 0.3) is 10.0 Å². The van der Waals surface area contributed by atoms with Gasteiger partial charge in [0.1, 0.15) is 28.4 Å². The second-order valence-corrected chi connectivity index (χ2v) is 14.9. The average molecular weight is 743 g/mol. The van der Waals surface area contributed by atoms with E-state index < -0.39 is 50.9 Å². The molecule has 2 unspecified atom stereocenters. The fourth-order valence-corrected chi connectivity index (χ4v) is 8.97. The van der Waals surface area contributed by atoms with Crippen molar-refractivity contribution in [1.29, 1.82) is 0 Å². The molecule has 1 fully saturated rings. The number of hydrogen-bond acceptors (Lipinski definition) is 7. The molecule has 0 spiro atoms. The maximum absolute atomic E-state index is 16.8. The van der Waals surface area contributed by atoms with Gasteiger partial charge in [0.2, 0.25) is 0 Å². The molecule has 0 aliphatic carbocycles. The maximum Gasteiger partial charge on any atom is 0.407 e. The Balaban J connectivity index is 1.44. The quantitative estimate of drug-likeness (QED) is 0.113. The summed E-state index contributed by atoms with van der Waals surface area (Å²) in [5.41, 5.74) is 1.23. The van der Waals surface area contributed by atoms with Crippen LogP contribution < -0.4 is 4.31 Å². The molecule has 5 aromatic rings. The van der Waals surface area contributed by atoms with Gasteiger partial charge in [0.05, 0.1) is 21.3 Å². The van der Waals surface area contributed by atoms with E-state index in [1.807, 2.05) is 30.3 Å². The normalized spacial score (nSPS) is 16.4. The van der Waals surface area contributed by atoms with Gasteiger partial charge in [-0.25, -0.2) is 40.7 Å². The molecule has 9 nitrogen and oxygen atoms in total. The standard InChI is InChI=1S/C35H30ClF3N4O5S2/c1-48-20-43(50(46,47)29-19-24(37)10-11-27(29)38)28-9-5-8-26(31(28)39)32-33(22-12-14-40-30(36)18-22)49-34(41-32)23-13-15-42(35(44)45)25(17-23)16-21-6-3-2-4-7-21/h2-12,14,18-19,23,25H,13,15-17,20H2,1H3,(H,44,45). The molecule has 260 valence electrons. The minimum atomic E-state index is -4.86. The second kappa shape index (κ2) is 14.8. The van der Waals surface area contributed by atoms with Gasteiger partial charge in [0, 0.05) is 37.4 Å². The number of halogens is 4. The van der Waals surface area contributed by atoms with Gasteiger partial charge in [-0.1, -0.05) is 48.0 Å². The SMILES string of the molecule is COCN(c1cccc(-c2nc(C3CCN(C(=O)O)C(Cc4ccccc4)C3)sc2-c2ccnc(Cl)c2)c1F)S(=O)(=O)c1cc(F)ccc1F. The molecule has 0 radical (unpaired) electrons. The summed E-state index contributed by atoms with van der Waals surface area (Å²) in [6.45, 7) is -0.439. The molecule has 1 aliphatic rings. The Morgan fingerprint density at radius 2 is 1.86 bits per heavy atom. The lowest BCUT2D eigenvalue weighted by Gasteiger charge is -2.37. The summed E-state index contributed by atoms with van der Waals surface area (Å²) in [7, 11) is -3.67. The van der Waals surface area contributed by atoms with Crippen LogP contribution in [0.2, 0.25) is 5.15 Å². The van der Waals surface area contributed by atoms with Crippen LogP contribution in [0.3, 0.4) is 0 Å². The van der Waals surface area contributed by atoms with E-state index in [-0.39, 0.29) is 34.9 Å². The molecule has 0 bridgehead atoms. The highest BCUT2D eigenvalue weighted by molar-refractivity contribution is 7.92. The zero-order chi connectivity index (χ0) is 35.6. The molecule has 6 rings (SSSR count). The van der Waals surface area contributed by atoms with E-state index in [2.05, 4.69) is 4.98 Å². The van der Waals surface area contributed by atoms with Crippen LogP contribution >= 0.6 is 22.9 Å². The Morgan fingerprint density at radius 3 is 2.58 bits per heavy atom. The van der Waals surface area contributed by atoms with Gasteiger partial charge in [-0.05, 0) is 72.9 Å². The zero-order valence-electron chi connectivity index (χ0n) is 26.5. The number of aromatic nitrogens is 2. The Hall–Kier alpha value is -4.50. The van der Waals surface area contributed by atoms with E-state index in [0.717, 1.165) is 11.6 Å². The molecule has 1 amide bonds. The number of anilines is 1. The molecule has 1 aliphatic heterocycles. The molecule has 1 N–H and O–H groups in total. The van der Waals surface area contributed by atoms with Gasteiger partial charge in [-0.15, -0.1) is 11.3 Å². The van der Waals surface area contributed by atoms with Crippen LogP contribution in [0.1, 0.15) is 29.3 Å². The highest BCUT2D eigenvalue weighted by Gasteiger charge is 2.36. The number of sulfonamides is 1. The summed E-state index contributed by atoms with van der Waals surface area (Å²) >= 11 is 7.55. The van der Waals surface area contributed by atoms with Gasteiger partial charge in [-0.2, -0.15) is 0 Å². The first-order valence-corrected chi connectivity index (χ1v) is 18.0. The average Bonchev–Trinajstić information content (AvgIpc) is 3.54. The summed E-state index contributed by atoms with van der Waals surface area (Å²) in [6, 6.07) is 18.6. The molecule has 2 atom stereocenters. The van der Waals surface area contributed by atoms with Crippen LogP contribution in [0.4, 0.5) is 23.7 Å². The lowest BCUT2D eigenvalue weighted by atomic mass is 9.88. The number of methoxy groups -OCH3 is 1. The highest BCUT2D eigenvalue weighted by atomic mass is 35.5. The number of carboxylic acid groups (broad SMARTS) is 1. The first kappa shape index (κ1) is 35.3. The van der Waals surface area contributed by atoms with Crippen molar-refractivity contribution in [2.75, 3.05) is 24.7 Å². The lowest BCUT2D eigenvalue weighted by Crippen LogP contribution is -2.46. The van der Waals surface area contributed by atoms with Gasteiger partial charge < -0.3 is 14.7 Å². The van der Waals surface area contributed by atoms with E-state index in [0.29, 0.717) is 51.1 Å². The van der Waals surface area contributed by atoms with E-state index in [9.17, 15) is 27.1 Å². The predicted molar refractivity (Wildman–Crippen MR) is 184 cm³/mol. The number of hydrogen-bond donors (Lipinski definition) is 1.